The molecule has 0 aliphatic heterocycles. The molecule has 148 valence electrons. The summed E-state index contributed by atoms with van der Waals surface area (Å²) < 4.78 is 7.29. The van der Waals surface area contributed by atoms with Crippen LogP contribution in [0.3, 0.4) is 0 Å². The molecule has 0 unspecified atom stereocenters. The van der Waals surface area contributed by atoms with Crippen molar-refractivity contribution in [1.29, 1.82) is 0 Å². The zero-order chi connectivity index (χ0) is 20.5. The molecule has 7 nitrogen and oxygen atoms in total. The first-order chi connectivity index (χ1) is 14.1. The third-order valence-corrected chi connectivity index (χ3v) is 4.06. The molecule has 0 aliphatic carbocycles. The van der Waals surface area contributed by atoms with Crippen molar-refractivity contribution in [3.63, 3.8) is 0 Å². The van der Waals surface area contributed by atoms with E-state index in [-0.39, 0.29) is 12.5 Å². The van der Waals surface area contributed by atoms with E-state index in [1.807, 2.05) is 68.6 Å². The molecule has 29 heavy (non-hydrogen) atoms. The predicted octanol–water partition coefficient (Wildman–Crippen LogP) is 3.14. The van der Waals surface area contributed by atoms with Gasteiger partial charge in [-0.3, -0.25) is 4.79 Å². The standard InChI is InChI=1S/C22H23N5O2/c1-17-10-11-18(2)21(13-17)29-16-22(28)25-23-12-6-9-20-15-27(26-24-20)14-19-7-4-3-5-8-19/h3-13,15H,14,16H2,1-2H3,(H,25,28)/b9-6+,23-12-. The van der Waals surface area contributed by atoms with Gasteiger partial charge in [-0.15, -0.1) is 5.10 Å². The van der Waals surface area contributed by atoms with E-state index in [0.717, 1.165) is 16.7 Å². The highest BCUT2D eigenvalue weighted by molar-refractivity contribution is 5.81. The topological polar surface area (TPSA) is 81.4 Å². The Kier molecular flexibility index (Phi) is 6.89. The van der Waals surface area contributed by atoms with Crippen LogP contribution in [-0.4, -0.2) is 33.7 Å². The lowest BCUT2D eigenvalue weighted by molar-refractivity contribution is -0.123. The molecule has 3 aromatic rings. The summed E-state index contributed by atoms with van der Waals surface area (Å²) in [4.78, 5) is 11.8. The van der Waals surface area contributed by atoms with Gasteiger partial charge in [0.15, 0.2) is 6.61 Å². The van der Waals surface area contributed by atoms with Crippen molar-refractivity contribution in [2.75, 3.05) is 6.61 Å². The van der Waals surface area contributed by atoms with Crippen molar-refractivity contribution in [2.45, 2.75) is 20.4 Å². The van der Waals surface area contributed by atoms with Crippen LogP contribution < -0.4 is 10.2 Å². The van der Waals surface area contributed by atoms with Crippen LogP contribution >= 0.6 is 0 Å². The van der Waals surface area contributed by atoms with Gasteiger partial charge in [-0.1, -0.05) is 47.7 Å². The minimum absolute atomic E-state index is 0.0981. The number of ether oxygens (including phenoxy) is 1. The van der Waals surface area contributed by atoms with E-state index in [1.165, 1.54) is 6.21 Å². The minimum Gasteiger partial charge on any atom is -0.483 e. The fraction of sp³-hybridized carbons (Fsp3) is 0.182. The zero-order valence-electron chi connectivity index (χ0n) is 16.4. The van der Waals surface area contributed by atoms with Gasteiger partial charge in [-0.05, 0) is 48.8 Å². The van der Waals surface area contributed by atoms with Gasteiger partial charge in [0.1, 0.15) is 11.4 Å². The maximum Gasteiger partial charge on any atom is 0.277 e. The third kappa shape index (κ3) is 6.42. The van der Waals surface area contributed by atoms with E-state index in [9.17, 15) is 4.79 Å². The van der Waals surface area contributed by atoms with Gasteiger partial charge in [0.05, 0.1) is 12.7 Å². The summed E-state index contributed by atoms with van der Waals surface area (Å²) in [7, 11) is 0. The number of allylic oxidation sites excluding steroid dienone is 1. The summed E-state index contributed by atoms with van der Waals surface area (Å²) in [6.45, 7) is 4.47. The van der Waals surface area contributed by atoms with Crippen LogP contribution in [0.4, 0.5) is 0 Å². The molecule has 0 saturated heterocycles. The van der Waals surface area contributed by atoms with Crippen LogP contribution in [0.25, 0.3) is 6.08 Å². The van der Waals surface area contributed by atoms with E-state index in [1.54, 1.807) is 16.8 Å². The van der Waals surface area contributed by atoms with Crippen molar-refractivity contribution in [3.8, 4) is 5.75 Å². The third-order valence-electron chi connectivity index (χ3n) is 4.06. The molecule has 3 rings (SSSR count). The van der Waals surface area contributed by atoms with E-state index >= 15 is 0 Å². The molecule has 7 heteroatoms. The van der Waals surface area contributed by atoms with Crippen molar-refractivity contribution < 1.29 is 9.53 Å². The first-order valence-corrected chi connectivity index (χ1v) is 9.23. The lowest BCUT2D eigenvalue weighted by Gasteiger charge is -2.08. The highest BCUT2D eigenvalue weighted by Gasteiger charge is 2.04. The maximum atomic E-state index is 11.8. The van der Waals surface area contributed by atoms with Crippen LogP contribution in [0.5, 0.6) is 5.75 Å². The highest BCUT2D eigenvalue weighted by atomic mass is 16.5. The van der Waals surface area contributed by atoms with Gasteiger partial charge in [0, 0.05) is 6.21 Å². The number of hydrogen-bond acceptors (Lipinski definition) is 5. The Bertz CT molecular complexity index is 1010. The van der Waals surface area contributed by atoms with E-state index in [0.29, 0.717) is 18.0 Å². The molecule has 1 amide bonds. The second kappa shape index (κ2) is 9.98. The molecule has 0 aliphatic rings. The quantitative estimate of drug-likeness (QED) is 0.474. The van der Waals surface area contributed by atoms with Crippen molar-refractivity contribution >= 4 is 18.2 Å². The monoisotopic (exact) mass is 389 g/mol. The average Bonchev–Trinajstić information content (AvgIpc) is 3.16. The van der Waals surface area contributed by atoms with Gasteiger partial charge in [0.25, 0.3) is 5.91 Å². The number of hydrazone groups is 1. The smallest absolute Gasteiger partial charge is 0.277 e. The molecule has 0 bridgehead atoms. The number of rotatable bonds is 8. The predicted molar refractivity (Wildman–Crippen MR) is 113 cm³/mol. The molecule has 1 N–H and O–H groups in total. The van der Waals surface area contributed by atoms with Crippen molar-refractivity contribution in [1.82, 2.24) is 20.4 Å². The number of aromatic nitrogens is 3. The van der Waals surface area contributed by atoms with Gasteiger partial charge in [-0.2, -0.15) is 5.10 Å². The Morgan fingerprint density at radius 1 is 1.21 bits per heavy atom. The van der Waals surface area contributed by atoms with Crippen LogP contribution in [0.1, 0.15) is 22.4 Å². The number of nitrogens with one attached hydrogen (secondary N) is 1. The lowest BCUT2D eigenvalue weighted by Crippen LogP contribution is -2.24. The first-order valence-electron chi connectivity index (χ1n) is 9.23. The molecular weight excluding hydrogens is 366 g/mol. The van der Waals surface area contributed by atoms with E-state index in [2.05, 4.69) is 20.8 Å². The molecule has 0 saturated carbocycles. The van der Waals surface area contributed by atoms with Gasteiger partial charge >= 0.3 is 0 Å². The number of aryl methyl sites for hydroxylation is 2. The first kappa shape index (κ1) is 20.0. The van der Waals surface area contributed by atoms with E-state index in [4.69, 9.17) is 4.74 Å². The molecular formula is C22H23N5O2. The van der Waals surface area contributed by atoms with Crippen molar-refractivity contribution in [3.05, 3.63) is 83.2 Å². The summed E-state index contributed by atoms with van der Waals surface area (Å²) in [5, 5.41) is 12.0. The van der Waals surface area contributed by atoms with Crippen LogP contribution in [-0.2, 0) is 11.3 Å². The van der Waals surface area contributed by atoms with Gasteiger partial charge in [0.2, 0.25) is 0 Å². The number of hydrogen-bond donors (Lipinski definition) is 1. The molecule has 1 aromatic heterocycles. The molecule has 0 radical (unpaired) electrons. The summed E-state index contributed by atoms with van der Waals surface area (Å²) in [5.41, 5.74) is 6.34. The Morgan fingerprint density at radius 2 is 2.03 bits per heavy atom. The zero-order valence-corrected chi connectivity index (χ0v) is 16.4. The number of nitrogens with zero attached hydrogens (tertiary/aromatic N) is 4. The SMILES string of the molecule is Cc1ccc(C)c(OCC(=O)N/N=C\C=C\c2cn(Cc3ccccc3)nn2)c1. The fourth-order valence-corrected chi connectivity index (χ4v) is 2.57. The number of benzene rings is 2. The summed E-state index contributed by atoms with van der Waals surface area (Å²) >= 11 is 0. The van der Waals surface area contributed by atoms with Crippen molar-refractivity contribution in [2.24, 2.45) is 5.10 Å². The summed E-state index contributed by atoms with van der Waals surface area (Å²) in [6.07, 6.45) is 6.76. The number of carbonyl (C=O) groups excluding carboxylic acids is 1. The summed E-state index contributed by atoms with van der Waals surface area (Å²) in [5.74, 6) is 0.368. The van der Waals surface area contributed by atoms with Gasteiger partial charge < -0.3 is 4.74 Å². The second-order valence-electron chi connectivity index (χ2n) is 6.56. The second-order valence-corrected chi connectivity index (χ2v) is 6.56. The molecule has 1 heterocycles. The summed E-state index contributed by atoms with van der Waals surface area (Å²) in [6, 6.07) is 15.9. The average molecular weight is 389 g/mol. The lowest BCUT2D eigenvalue weighted by atomic mass is 10.1. The van der Waals surface area contributed by atoms with Crippen LogP contribution in [0.15, 0.2) is 65.9 Å². The molecule has 0 spiro atoms. The Morgan fingerprint density at radius 3 is 2.86 bits per heavy atom. The number of amides is 1. The molecule has 2 aromatic carbocycles. The molecule has 0 atom stereocenters. The van der Waals surface area contributed by atoms with Crippen LogP contribution in [0.2, 0.25) is 0 Å². The number of carbonyl (C=O) groups is 1. The Hall–Kier alpha value is -3.74. The van der Waals surface area contributed by atoms with E-state index < -0.39 is 0 Å². The fourth-order valence-electron chi connectivity index (χ4n) is 2.57. The van der Waals surface area contributed by atoms with Crippen LogP contribution in [0, 0.1) is 13.8 Å². The normalized spacial score (nSPS) is 11.2. The highest BCUT2D eigenvalue weighted by Crippen LogP contribution is 2.18. The Balaban J connectivity index is 1.42. The Labute approximate surface area is 169 Å². The maximum absolute atomic E-state index is 11.8. The minimum atomic E-state index is -0.329. The molecule has 0 fully saturated rings. The van der Waals surface area contributed by atoms with Gasteiger partial charge in [-0.25, -0.2) is 10.1 Å². The largest absolute Gasteiger partial charge is 0.483 e.